The Kier molecular flexibility index (Phi) is 10.9. The second-order valence-corrected chi connectivity index (χ2v) is 8.83. The number of hydrogen-bond donors (Lipinski definition) is 0. The molecule has 0 N–H and O–H groups in total. The number of esters is 1. The average Bonchev–Trinajstić information content (AvgIpc) is 2.78. The predicted octanol–water partition coefficient (Wildman–Crippen LogP) is 6.59. The van der Waals surface area contributed by atoms with Gasteiger partial charge in [0.25, 0.3) is 5.56 Å². The van der Waals surface area contributed by atoms with E-state index in [1.54, 1.807) is 4.57 Å². The van der Waals surface area contributed by atoms with E-state index in [2.05, 4.69) is 39.8 Å². The number of allylic oxidation sites excluding steroid dienone is 3. The summed E-state index contributed by atoms with van der Waals surface area (Å²) in [5.41, 5.74) is 2.94. The second kappa shape index (κ2) is 13.6. The van der Waals surface area contributed by atoms with E-state index in [1.807, 2.05) is 18.2 Å². The van der Waals surface area contributed by atoms with Crippen LogP contribution in [0.3, 0.4) is 0 Å². The minimum atomic E-state index is -0.556. The van der Waals surface area contributed by atoms with Crippen molar-refractivity contribution in [2.24, 2.45) is 0 Å². The van der Waals surface area contributed by atoms with Crippen LogP contribution in [-0.4, -0.2) is 24.3 Å². The molecule has 0 aliphatic heterocycles. The molecule has 0 unspecified atom stereocenters. The van der Waals surface area contributed by atoms with Gasteiger partial charge < -0.3 is 18.8 Å². The minimum absolute atomic E-state index is 0.0680. The van der Waals surface area contributed by atoms with Crippen molar-refractivity contribution in [3.63, 3.8) is 0 Å². The summed E-state index contributed by atoms with van der Waals surface area (Å²) in [7, 11) is 1.47. The molecule has 0 bridgehead atoms. The molecule has 0 saturated carbocycles. The van der Waals surface area contributed by atoms with Gasteiger partial charge in [0.05, 0.1) is 12.6 Å². The third-order valence-electron chi connectivity index (χ3n) is 5.61. The van der Waals surface area contributed by atoms with Crippen molar-refractivity contribution in [1.82, 2.24) is 4.57 Å². The molecule has 2 aromatic rings. The summed E-state index contributed by atoms with van der Waals surface area (Å²) in [6.07, 6.45) is 10.4. The highest BCUT2D eigenvalue weighted by Gasteiger charge is 2.21. The lowest BCUT2D eigenvalue weighted by atomic mass is 10.1. The van der Waals surface area contributed by atoms with Gasteiger partial charge in [-0.15, -0.1) is 0 Å². The van der Waals surface area contributed by atoms with Crippen molar-refractivity contribution in [3.8, 4) is 17.2 Å². The van der Waals surface area contributed by atoms with Crippen molar-refractivity contribution in [3.05, 3.63) is 51.9 Å². The van der Waals surface area contributed by atoms with Gasteiger partial charge in [-0.05, 0) is 58.2 Å². The molecule has 0 aliphatic rings. The number of fused-ring (bicyclic) bond motifs is 1. The fourth-order valence-electron chi connectivity index (χ4n) is 3.79. The van der Waals surface area contributed by atoms with Crippen molar-refractivity contribution >= 4 is 16.9 Å². The van der Waals surface area contributed by atoms with E-state index in [0.29, 0.717) is 29.8 Å². The molecule has 34 heavy (non-hydrogen) atoms. The standard InChI is InChI=1S/C28H39NO5/c1-7-8-9-10-17-29-25-19-23(33-18-16-21(4)13-11-12-20(2)3)14-15-24(25)26(32-6)27(28(29)31)34-22(5)30/h12,14-16,19H,7-11,13,17-18H2,1-6H3/b21-16+. The third-order valence-corrected chi connectivity index (χ3v) is 5.61. The topological polar surface area (TPSA) is 66.8 Å². The molecule has 0 fully saturated rings. The number of aryl methyl sites for hydroxylation is 1. The first-order valence-corrected chi connectivity index (χ1v) is 12.1. The number of rotatable bonds is 13. The first-order chi connectivity index (χ1) is 16.3. The van der Waals surface area contributed by atoms with E-state index < -0.39 is 5.97 Å². The number of hydrogen-bond acceptors (Lipinski definition) is 5. The first kappa shape index (κ1) is 27.2. The van der Waals surface area contributed by atoms with Gasteiger partial charge in [-0.1, -0.05) is 43.4 Å². The average molecular weight is 470 g/mol. The largest absolute Gasteiger partial charge is 0.492 e. The number of carbonyl (C=O) groups excluding carboxylic acids is 1. The van der Waals surface area contributed by atoms with E-state index in [4.69, 9.17) is 14.2 Å². The number of ether oxygens (including phenoxy) is 3. The van der Waals surface area contributed by atoms with E-state index in [0.717, 1.165) is 38.5 Å². The normalized spacial score (nSPS) is 11.4. The van der Waals surface area contributed by atoms with E-state index in [9.17, 15) is 9.59 Å². The lowest BCUT2D eigenvalue weighted by molar-refractivity contribution is -0.132. The number of aromatic nitrogens is 1. The van der Waals surface area contributed by atoms with Crippen LogP contribution < -0.4 is 19.8 Å². The summed E-state index contributed by atoms with van der Waals surface area (Å²) in [5.74, 6) is 0.312. The highest BCUT2D eigenvalue weighted by molar-refractivity contribution is 5.90. The van der Waals surface area contributed by atoms with Gasteiger partial charge in [0.15, 0.2) is 5.75 Å². The molecule has 0 radical (unpaired) electrons. The molecule has 0 saturated heterocycles. The van der Waals surface area contributed by atoms with E-state index >= 15 is 0 Å². The lowest BCUT2D eigenvalue weighted by Gasteiger charge is -2.17. The maximum absolute atomic E-state index is 13.3. The fourth-order valence-corrected chi connectivity index (χ4v) is 3.79. The molecule has 6 nitrogen and oxygen atoms in total. The molecule has 0 atom stereocenters. The van der Waals surface area contributed by atoms with E-state index in [-0.39, 0.29) is 17.1 Å². The predicted molar refractivity (Wildman–Crippen MR) is 138 cm³/mol. The lowest BCUT2D eigenvalue weighted by Crippen LogP contribution is -2.24. The maximum atomic E-state index is 13.3. The van der Waals surface area contributed by atoms with Gasteiger partial charge in [0.1, 0.15) is 12.4 Å². The molecule has 186 valence electrons. The zero-order valence-electron chi connectivity index (χ0n) is 21.5. The summed E-state index contributed by atoms with van der Waals surface area (Å²) in [6.45, 7) is 10.7. The Balaban J connectivity index is 2.37. The molecule has 1 aromatic carbocycles. The monoisotopic (exact) mass is 469 g/mol. The summed E-state index contributed by atoms with van der Waals surface area (Å²) < 4.78 is 18.4. The molecule has 0 spiro atoms. The Bertz CT molecular complexity index is 1090. The Morgan fingerprint density at radius 1 is 1.03 bits per heavy atom. The molecule has 2 rings (SSSR count). The number of carbonyl (C=O) groups is 1. The SMILES string of the molecule is CCCCCCn1c(=O)c(OC(C)=O)c(OC)c2ccc(OC/C=C(\C)CCC=C(C)C)cc21. The maximum Gasteiger partial charge on any atom is 0.308 e. The zero-order valence-corrected chi connectivity index (χ0v) is 21.5. The molecule has 1 heterocycles. The molecule has 0 amide bonds. The summed E-state index contributed by atoms with van der Waals surface area (Å²) in [5, 5.41) is 0.703. The number of benzene rings is 1. The highest BCUT2D eigenvalue weighted by Crippen LogP contribution is 2.34. The number of methoxy groups -OCH3 is 1. The zero-order chi connectivity index (χ0) is 25.1. The number of pyridine rings is 1. The Morgan fingerprint density at radius 2 is 1.79 bits per heavy atom. The van der Waals surface area contributed by atoms with Crippen LogP contribution in [0.15, 0.2) is 46.3 Å². The summed E-state index contributed by atoms with van der Waals surface area (Å²) >= 11 is 0. The first-order valence-electron chi connectivity index (χ1n) is 12.1. The van der Waals surface area contributed by atoms with Crippen LogP contribution in [0.2, 0.25) is 0 Å². The van der Waals surface area contributed by atoms with Crippen molar-refractivity contribution in [1.29, 1.82) is 0 Å². The van der Waals surface area contributed by atoms with Crippen molar-refractivity contribution in [2.45, 2.75) is 79.7 Å². The molecule has 1 aromatic heterocycles. The Hall–Kier alpha value is -3.02. The van der Waals surface area contributed by atoms with Crippen LogP contribution in [0.5, 0.6) is 17.2 Å². The van der Waals surface area contributed by atoms with Crippen LogP contribution in [0.4, 0.5) is 0 Å². The third kappa shape index (κ3) is 7.79. The van der Waals surface area contributed by atoms with Gasteiger partial charge in [-0.2, -0.15) is 0 Å². The summed E-state index contributed by atoms with van der Waals surface area (Å²) in [4.78, 5) is 24.9. The van der Waals surface area contributed by atoms with E-state index in [1.165, 1.54) is 25.2 Å². The van der Waals surface area contributed by atoms with Gasteiger partial charge in [0, 0.05) is 24.9 Å². The smallest absolute Gasteiger partial charge is 0.308 e. The van der Waals surface area contributed by atoms with Crippen LogP contribution in [0.1, 0.15) is 73.1 Å². The fraction of sp³-hybridized carbons (Fsp3) is 0.500. The Labute approximate surface area is 203 Å². The minimum Gasteiger partial charge on any atom is -0.492 e. The number of nitrogens with zero attached hydrogens (tertiary/aromatic N) is 1. The Morgan fingerprint density at radius 3 is 2.44 bits per heavy atom. The number of unbranched alkanes of at least 4 members (excludes halogenated alkanes) is 3. The van der Waals surface area contributed by atoms with Crippen LogP contribution in [0, 0.1) is 0 Å². The molecule has 6 heteroatoms. The van der Waals surface area contributed by atoms with Gasteiger partial charge in [-0.3, -0.25) is 9.59 Å². The highest BCUT2D eigenvalue weighted by atomic mass is 16.6. The van der Waals surface area contributed by atoms with Crippen LogP contribution in [0.25, 0.3) is 10.9 Å². The van der Waals surface area contributed by atoms with Gasteiger partial charge in [0.2, 0.25) is 5.75 Å². The second-order valence-electron chi connectivity index (χ2n) is 8.83. The molecular weight excluding hydrogens is 430 g/mol. The summed E-state index contributed by atoms with van der Waals surface area (Å²) in [6, 6.07) is 5.56. The molecule has 0 aliphatic carbocycles. The molecular formula is C28H39NO5. The van der Waals surface area contributed by atoms with Crippen LogP contribution >= 0.6 is 0 Å². The van der Waals surface area contributed by atoms with Crippen molar-refractivity contribution < 1.29 is 19.0 Å². The quantitative estimate of drug-likeness (QED) is 0.188. The van der Waals surface area contributed by atoms with Gasteiger partial charge in [-0.25, -0.2) is 0 Å². The van der Waals surface area contributed by atoms with Crippen LogP contribution in [-0.2, 0) is 11.3 Å². The van der Waals surface area contributed by atoms with Gasteiger partial charge >= 0.3 is 5.97 Å². The van der Waals surface area contributed by atoms with Crippen molar-refractivity contribution in [2.75, 3.05) is 13.7 Å².